The van der Waals surface area contributed by atoms with E-state index in [0.29, 0.717) is 39.7 Å². The molecule has 0 radical (unpaired) electrons. The Labute approximate surface area is 237 Å². The molecule has 0 fully saturated rings. The fraction of sp³-hybridized carbons (Fsp3) is 0.241. The van der Waals surface area contributed by atoms with Gasteiger partial charge in [0.25, 0.3) is 5.91 Å². The van der Waals surface area contributed by atoms with E-state index < -0.39 is 0 Å². The van der Waals surface area contributed by atoms with Crippen molar-refractivity contribution in [2.75, 3.05) is 32.7 Å². The normalized spacial score (nSPS) is 10.7. The van der Waals surface area contributed by atoms with Crippen molar-refractivity contribution in [1.82, 2.24) is 20.3 Å². The molecular formula is C29H30ClN5O3S. The highest BCUT2D eigenvalue weighted by Crippen LogP contribution is 2.28. The molecule has 0 aliphatic heterocycles. The summed E-state index contributed by atoms with van der Waals surface area (Å²) in [7, 11) is 5.23. The van der Waals surface area contributed by atoms with Crippen molar-refractivity contribution in [3.63, 3.8) is 0 Å². The van der Waals surface area contributed by atoms with Gasteiger partial charge in [0.15, 0.2) is 16.7 Å². The topological polar surface area (TPSA) is 89.5 Å². The Hall–Kier alpha value is -3.82. The minimum atomic E-state index is -0.140. The number of halogens is 1. The molecule has 0 aliphatic carbocycles. The molecule has 1 N–H and O–H groups in total. The van der Waals surface area contributed by atoms with Gasteiger partial charge in [-0.05, 0) is 53.9 Å². The Kier molecular flexibility index (Phi) is 9.99. The van der Waals surface area contributed by atoms with Crippen LogP contribution in [0.3, 0.4) is 0 Å². The second-order valence-electron chi connectivity index (χ2n) is 8.68. The van der Waals surface area contributed by atoms with E-state index in [1.54, 1.807) is 26.5 Å². The number of anilines is 1. The third kappa shape index (κ3) is 8.08. The molecule has 0 atom stereocenters. The van der Waals surface area contributed by atoms with Gasteiger partial charge in [-0.25, -0.2) is 9.97 Å². The van der Waals surface area contributed by atoms with E-state index >= 15 is 0 Å². The van der Waals surface area contributed by atoms with Crippen LogP contribution in [-0.2, 0) is 18.7 Å². The molecule has 8 nitrogen and oxygen atoms in total. The van der Waals surface area contributed by atoms with Gasteiger partial charge in [0, 0.05) is 37.2 Å². The van der Waals surface area contributed by atoms with Crippen LogP contribution in [0.25, 0.3) is 0 Å². The Balaban J connectivity index is 1.31. The largest absolute Gasteiger partial charge is 0.493 e. The number of nitrogens with zero attached hydrogens (tertiary/aromatic N) is 4. The van der Waals surface area contributed by atoms with E-state index in [-0.39, 0.29) is 5.91 Å². The fourth-order valence-electron chi connectivity index (χ4n) is 3.77. The van der Waals surface area contributed by atoms with Crippen molar-refractivity contribution >= 4 is 35.1 Å². The molecule has 0 spiro atoms. The first kappa shape index (κ1) is 28.2. The summed E-state index contributed by atoms with van der Waals surface area (Å²) in [4.78, 5) is 27.8. The van der Waals surface area contributed by atoms with Gasteiger partial charge in [-0.2, -0.15) is 0 Å². The van der Waals surface area contributed by atoms with Crippen LogP contribution in [-0.4, -0.2) is 48.7 Å². The molecular weight excluding hydrogens is 534 g/mol. The smallest absolute Gasteiger partial charge is 0.251 e. The number of benzene rings is 2. The van der Waals surface area contributed by atoms with Crippen molar-refractivity contribution in [3.05, 3.63) is 100 Å². The molecule has 39 heavy (non-hydrogen) atoms. The third-order valence-electron chi connectivity index (χ3n) is 5.98. The average Bonchev–Trinajstić information content (AvgIpc) is 2.97. The van der Waals surface area contributed by atoms with E-state index in [1.165, 1.54) is 11.8 Å². The van der Waals surface area contributed by atoms with Gasteiger partial charge < -0.3 is 19.7 Å². The van der Waals surface area contributed by atoms with Crippen LogP contribution in [0, 0.1) is 0 Å². The van der Waals surface area contributed by atoms with Crippen molar-refractivity contribution < 1.29 is 14.3 Å². The minimum Gasteiger partial charge on any atom is -0.493 e. The average molecular weight is 564 g/mol. The van der Waals surface area contributed by atoms with Gasteiger partial charge >= 0.3 is 0 Å². The number of pyridine rings is 1. The van der Waals surface area contributed by atoms with Gasteiger partial charge in [0.2, 0.25) is 0 Å². The number of amides is 1. The molecule has 0 saturated carbocycles. The fourth-order valence-corrected chi connectivity index (χ4v) is 4.81. The summed E-state index contributed by atoms with van der Waals surface area (Å²) in [5.74, 6) is 2.67. The maximum Gasteiger partial charge on any atom is 0.251 e. The molecule has 1 amide bonds. The molecule has 0 unspecified atom stereocenters. The van der Waals surface area contributed by atoms with Gasteiger partial charge in [-0.1, -0.05) is 47.6 Å². The lowest BCUT2D eigenvalue weighted by molar-refractivity contribution is 0.0950. The van der Waals surface area contributed by atoms with Crippen molar-refractivity contribution in [3.8, 4) is 11.5 Å². The Morgan fingerprint density at radius 2 is 1.74 bits per heavy atom. The first-order chi connectivity index (χ1) is 18.9. The highest BCUT2D eigenvalue weighted by atomic mass is 35.5. The molecule has 4 aromatic rings. The summed E-state index contributed by atoms with van der Waals surface area (Å²) in [6.07, 6.45) is 2.50. The molecule has 10 heteroatoms. The Morgan fingerprint density at radius 1 is 0.974 bits per heavy atom. The van der Waals surface area contributed by atoms with Gasteiger partial charge in [-0.3, -0.25) is 9.78 Å². The number of rotatable bonds is 12. The van der Waals surface area contributed by atoms with E-state index in [4.69, 9.17) is 26.1 Å². The zero-order valence-electron chi connectivity index (χ0n) is 22.1. The third-order valence-corrected chi connectivity index (χ3v) is 7.09. The van der Waals surface area contributed by atoms with E-state index in [2.05, 4.69) is 15.3 Å². The first-order valence-electron chi connectivity index (χ1n) is 12.3. The predicted octanol–water partition coefficient (Wildman–Crippen LogP) is 5.44. The number of nitrogens with one attached hydrogen (secondary N) is 1. The van der Waals surface area contributed by atoms with Crippen LogP contribution in [0.5, 0.6) is 11.5 Å². The maximum atomic E-state index is 12.5. The second-order valence-corrected chi connectivity index (χ2v) is 10.0. The minimum absolute atomic E-state index is 0.140. The quantitative estimate of drug-likeness (QED) is 0.138. The second kappa shape index (κ2) is 13.8. The standard InChI is InChI=1S/C29H30ClN5O3S/c1-35(15-13-20-9-12-24(37-2)25(16-20)38-3)27-17-26(30)33-29(34-27)39-19-21-7-10-22(11-8-21)28(36)32-18-23-6-4-5-14-31-23/h4-12,14,16-17H,13,15,18-19H2,1-3H3,(H,32,36). The van der Waals surface area contributed by atoms with Crippen LogP contribution in [0.2, 0.25) is 5.15 Å². The summed E-state index contributed by atoms with van der Waals surface area (Å²) in [5, 5.41) is 3.87. The number of carbonyl (C=O) groups excluding carboxylic acids is 1. The number of hydrogen-bond acceptors (Lipinski definition) is 8. The molecule has 2 aromatic carbocycles. The predicted molar refractivity (Wildman–Crippen MR) is 155 cm³/mol. The number of thioether (sulfide) groups is 1. The molecule has 0 bridgehead atoms. The van der Waals surface area contributed by atoms with Crippen LogP contribution in [0.4, 0.5) is 5.82 Å². The summed E-state index contributed by atoms with van der Waals surface area (Å²) in [5.41, 5.74) is 3.58. The lowest BCUT2D eigenvalue weighted by Crippen LogP contribution is -2.23. The summed E-state index contributed by atoms with van der Waals surface area (Å²) >= 11 is 7.82. The molecule has 0 saturated heterocycles. The highest BCUT2D eigenvalue weighted by Gasteiger charge is 2.11. The molecule has 202 valence electrons. The summed E-state index contributed by atoms with van der Waals surface area (Å²) in [6.45, 7) is 1.12. The van der Waals surface area contributed by atoms with Crippen molar-refractivity contribution in [2.24, 2.45) is 0 Å². The molecule has 2 aromatic heterocycles. The van der Waals surface area contributed by atoms with E-state index in [1.807, 2.05) is 72.6 Å². The van der Waals surface area contributed by atoms with E-state index in [0.717, 1.165) is 35.6 Å². The lowest BCUT2D eigenvalue weighted by Gasteiger charge is -2.19. The van der Waals surface area contributed by atoms with Crippen LogP contribution < -0.4 is 19.7 Å². The van der Waals surface area contributed by atoms with Gasteiger partial charge in [0.05, 0.1) is 26.5 Å². The maximum absolute atomic E-state index is 12.5. The summed E-state index contributed by atoms with van der Waals surface area (Å²) < 4.78 is 10.7. The molecule has 4 rings (SSSR count). The number of methoxy groups -OCH3 is 2. The van der Waals surface area contributed by atoms with E-state index in [9.17, 15) is 4.79 Å². The zero-order valence-corrected chi connectivity index (χ0v) is 23.6. The number of likely N-dealkylation sites (N-methyl/N-ethyl adjacent to an activating group) is 1. The first-order valence-corrected chi connectivity index (χ1v) is 13.7. The monoisotopic (exact) mass is 563 g/mol. The number of aromatic nitrogens is 3. The Morgan fingerprint density at radius 3 is 2.46 bits per heavy atom. The van der Waals surface area contributed by atoms with Crippen molar-refractivity contribution in [2.45, 2.75) is 23.9 Å². The lowest BCUT2D eigenvalue weighted by atomic mass is 10.1. The highest BCUT2D eigenvalue weighted by molar-refractivity contribution is 7.98. The zero-order chi connectivity index (χ0) is 27.6. The van der Waals surface area contributed by atoms with Crippen LogP contribution in [0.1, 0.15) is 27.2 Å². The van der Waals surface area contributed by atoms with Crippen LogP contribution >= 0.6 is 23.4 Å². The van der Waals surface area contributed by atoms with Crippen molar-refractivity contribution in [1.29, 1.82) is 0 Å². The number of hydrogen-bond donors (Lipinski definition) is 1. The van der Waals surface area contributed by atoms with Gasteiger partial charge in [-0.15, -0.1) is 0 Å². The SMILES string of the molecule is COc1ccc(CCN(C)c2cc(Cl)nc(SCc3ccc(C(=O)NCc4ccccn4)cc3)n2)cc1OC. The molecule has 2 heterocycles. The number of carbonyl (C=O) groups is 1. The Bertz CT molecular complexity index is 1390. The van der Waals surface area contributed by atoms with Crippen LogP contribution in [0.15, 0.2) is 78.1 Å². The van der Waals surface area contributed by atoms with Gasteiger partial charge in [0.1, 0.15) is 11.0 Å². The number of ether oxygens (including phenoxy) is 2. The summed E-state index contributed by atoms with van der Waals surface area (Å²) in [6, 6.07) is 20.8. The molecule has 0 aliphatic rings.